The first-order valence-corrected chi connectivity index (χ1v) is 11.2. The van der Waals surface area contributed by atoms with Gasteiger partial charge in [-0.25, -0.2) is 0 Å². The molecule has 0 aromatic heterocycles. The Labute approximate surface area is 185 Å². The number of carbonyl (C=O) groups excluding carboxylic acids is 1. The summed E-state index contributed by atoms with van der Waals surface area (Å²) >= 11 is 0. The SMILES string of the molecule is CC[C@H](C)NC(=O)[C@H]1Cc2ccc(OC)cc2N2CCN(c3ccccc3OC)C[C@H]12. The van der Waals surface area contributed by atoms with E-state index in [0.29, 0.717) is 0 Å². The van der Waals surface area contributed by atoms with E-state index in [1.807, 2.05) is 24.3 Å². The number of hydrogen-bond acceptors (Lipinski definition) is 5. The largest absolute Gasteiger partial charge is 0.497 e. The number of amides is 1. The summed E-state index contributed by atoms with van der Waals surface area (Å²) in [5, 5.41) is 3.23. The van der Waals surface area contributed by atoms with Gasteiger partial charge in [0.1, 0.15) is 11.5 Å². The molecule has 1 amide bonds. The first-order valence-electron chi connectivity index (χ1n) is 11.2. The minimum absolute atomic E-state index is 0.0855. The topological polar surface area (TPSA) is 54.0 Å². The number of methoxy groups -OCH3 is 2. The average Bonchev–Trinajstić information content (AvgIpc) is 2.82. The number of fused-ring (bicyclic) bond motifs is 3. The van der Waals surface area contributed by atoms with E-state index >= 15 is 0 Å². The van der Waals surface area contributed by atoms with Gasteiger partial charge < -0.3 is 24.6 Å². The van der Waals surface area contributed by atoms with Crippen LogP contribution < -0.4 is 24.6 Å². The molecule has 2 heterocycles. The van der Waals surface area contributed by atoms with E-state index in [4.69, 9.17) is 9.47 Å². The molecule has 3 atom stereocenters. The van der Waals surface area contributed by atoms with Gasteiger partial charge in [0.25, 0.3) is 0 Å². The Hall–Kier alpha value is -2.89. The summed E-state index contributed by atoms with van der Waals surface area (Å²) in [7, 11) is 3.41. The molecule has 6 heteroatoms. The number of ether oxygens (including phenoxy) is 2. The molecule has 6 nitrogen and oxygen atoms in total. The lowest BCUT2D eigenvalue weighted by Crippen LogP contribution is -2.61. The summed E-state index contributed by atoms with van der Waals surface area (Å²) in [6.45, 7) is 6.65. The average molecular weight is 424 g/mol. The minimum Gasteiger partial charge on any atom is -0.497 e. The number of nitrogens with one attached hydrogen (secondary N) is 1. The van der Waals surface area contributed by atoms with Gasteiger partial charge in [0.05, 0.1) is 31.9 Å². The van der Waals surface area contributed by atoms with Crippen LogP contribution in [0.2, 0.25) is 0 Å². The molecule has 0 spiro atoms. The molecule has 0 radical (unpaired) electrons. The fourth-order valence-electron chi connectivity index (χ4n) is 4.77. The van der Waals surface area contributed by atoms with Crippen LogP contribution in [-0.2, 0) is 11.2 Å². The Morgan fingerprint density at radius 3 is 2.68 bits per heavy atom. The highest BCUT2D eigenvalue weighted by Gasteiger charge is 2.42. The molecule has 2 aromatic carbocycles. The zero-order valence-corrected chi connectivity index (χ0v) is 18.9. The van der Waals surface area contributed by atoms with Gasteiger partial charge >= 0.3 is 0 Å². The predicted octanol–water partition coefficient (Wildman–Crippen LogP) is 3.49. The molecular formula is C25H33N3O3. The molecule has 1 saturated heterocycles. The van der Waals surface area contributed by atoms with Crippen LogP contribution in [0.1, 0.15) is 25.8 Å². The third-order valence-corrected chi connectivity index (χ3v) is 6.69. The van der Waals surface area contributed by atoms with Crippen molar-refractivity contribution in [1.29, 1.82) is 0 Å². The lowest BCUT2D eigenvalue weighted by Gasteiger charge is -2.50. The van der Waals surface area contributed by atoms with E-state index in [-0.39, 0.29) is 23.9 Å². The highest BCUT2D eigenvalue weighted by atomic mass is 16.5. The van der Waals surface area contributed by atoms with Gasteiger partial charge in [-0.05, 0) is 43.5 Å². The maximum absolute atomic E-state index is 13.3. The maximum Gasteiger partial charge on any atom is 0.225 e. The van der Waals surface area contributed by atoms with Crippen molar-refractivity contribution in [3.8, 4) is 11.5 Å². The van der Waals surface area contributed by atoms with Crippen molar-refractivity contribution in [2.75, 3.05) is 43.7 Å². The normalized spacial score (nSPS) is 21.0. The van der Waals surface area contributed by atoms with Crippen LogP contribution in [0, 0.1) is 5.92 Å². The van der Waals surface area contributed by atoms with Gasteiger partial charge in [0, 0.05) is 37.4 Å². The van der Waals surface area contributed by atoms with E-state index in [9.17, 15) is 4.79 Å². The van der Waals surface area contributed by atoms with E-state index in [1.165, 1.54) is 11.3 Å². The highest BCUT2D eigenvalue weighted by molar-refractivity contribution is 5.83. The van der Waals surface area contributed by atoms with Crippen molar-refractivity contribution in [2.45, 2.75) is 38.8 Å². The Balaban J connectivity index is 1.68. The van der Waals surface area contributed by atoms with Crippen molar-refractivity contribution in [3.05, 3.63) is 48.0 Å². The molecule has 0 unspecified atom stereocenters. The van der Waals surface area contributed by atoms with Gasteiger partial charge in [0.2, 0.25) is 5.91 Å². The molecule has 0 aliphatic carbocycles. The number of piperazine rings is 1. The zero-order chi connectivity index (χ0) is 22.0. The molecule has 0 bridgehead atoms. The summed E-state index contributed by atoms with van der Waals surface area (Å²) in [6, 6.07) is 14.6. The summed E-state index contributed by atoms with van der Waals surface area (Å²) in [5.41, 5.74) is 3.49. The Bertz CT molecular complexity index is 932. The number of benzene rings is 2. The van der Waals surface area contributed by atoms with E-state index in [1.54, 1.807) is 14.2 Å². The molecule has 2 aromatic rings. The zero-order valence-electron chi connectivity index (χ0n) is 18.9. The fraction of sp³-hybridized carbons (Fsp3) is 0.480. The first-order chi connectivity index (χ1) is 15.0. The Kier molecular flexibility index (Phi) is 6.25. The molecule has 166 valence electrons. The number of para-hydroxylation sites is 2. The fourth-order valence-corrected chi connectivity index (χ4v) is 4.77. The second-order valence-corrected chi connectivity index (χ2v) is 8.50. The van der Waals surface area contributed by atoms with Crippen molar-refractivity contribution in [3.63, 3.8) is 0 Å². The first kappa shape index (κ1) is 21.3. The highest BCUT2D eigenvalue weighted by Crippen LogP contribution is 2.40. The molecule has 2 aliphatic heterocycles. The van der Waals surface area contributed by atoms with E-state index in [0.717, 1.165) is 49.7 Å². The van der Waals surface area contributed by atoms with E-state index < -0.39 is 0 Å². The van der Waals surface area contributed by atoms with Gasteiger partial charge in [-0.1, -0.05) is 25.1 Å². The van der Waals surface area contributed by atoms with Crippen LogP contribution in [-0.4, -0.2) is 51.8 Å². The number of carbonyl (C=O) groups is 1. The second kappa shape index (κ2) is 9.08. The molecule has 0 saturated carbocycles. The minimum atomic E-state index is -0.104. The standard InChI is InChI=1S/C25H33N3O3/c1-5-17(2)26-25(29)20-14-18-10-11-19(30-3)15-22(18)28-13-12-27(16-23(20)28)21-8-6-7-9-24(21)31-4/h6-11,15,17,20,23H,5,12-14,16H2,1-4H3,(H,26,29)/t17-,20-,23+/m0/s1. The van der Waals surface area contributed by atoms with Crippen LogP contribution in [0.5, 0.6) is 11.5 Å². The van der Waals surface area contributed by atoms with Crippen molar-refractivity contribution < 1.29 is 14.3 Å². The lowest BCUT2D eigenvalue weighted by atomic mass is 9.83. The lowest BCUT2D eigenvalue weighted by molar-refractivity contribution is -0.126. The van der Waals surface area contributed by atoms with Gasteiger partial charge in [-0.3, -0.25) is 4.79 Å². The molecule has 4 rings (SSSR count). The van der Waals surface area contributed by atoms with Crippen LogP contribution in [0.15, 0.2) is 42.5 Å². The van der Waals surface area contributed by atoms with E-state index in [2.05, 4.69) is 47.2 Å². The molecular weight excluding hydrogens is 390 g/mol. The van der Waals surface area contributed by atoms with Crippen LogP contribution >= 0.6 is 0 Å². The maximum atomic E-state index is 13.3. The molecule has 2 aliphatic rings. The summed E-state index contributed by atoms with van der Waals surface area (Å²) in [5.74, 6) is 1.77. The van der Waals surface area contributed by atoms with Crippen molar-refractivity contribution >= 4 is 17.3 Å². The number of anilines is 2. The molecule has 1 fully saturated rings. The third kappa shape index (κ3) is 4.16. The molecule has 31 heavy (non-hydrogen) atoms. The molecule has 1 N–H and O–H groups in total. The second-order valence-electron chi connectivity index (χ2n) is 8.50. The monoisotopic (exact) mass is 423 g/mol. The number of nitrogens with zero attached hydrogens (tertiary/aromatic N) is 2. The van der Waals surface area contributed by atoms with Crippen LogP contribution in [0.25, 0.3) is 0 Å². The van der Waals surface area contributed by atoms with Gasteiger partial charge in [0.15, 0.2) is 0 Å². The van der Waals surface area contributed by atoms with Gasteiger partial charge in [-0.15, -0.1) is 0 Å². The summed E-state index contributed by atoms with van der Waals surface area (Å²) in [4.78, 5) is 18.1. The third-order valence-electron chi connectivity index (χ3n) is 6.69. The summed E-state index contributed by atoms with van der Waals surface area (Å²) < 4.78 is 11.1. The quantitative estimate of drug-likeness (QED) is 0.771. The number of hydrogen-bond donors (Lipinski definition) is 1. The Morgan fingerprint density at radius 2 is 1.94 bits per heavy atom. The van der Waals surface area contributed by atoms with Gasteiger partial charge in [-0.2, -0.15) is 0 Å². The van der Waals surface area contributed by atoms with Crippen molar-refractivity contribution in [1.82, 2.24) is 5.32 Å². The summed E-state index contributed by atoms with van der Waals surface area (Å²) in [6.07, 6.45) is 1.66. The van der Waals surface area contributed by atoms with Crippen LogP contribution in [0.3, 0.4) is 0 Å². The number of rotatable bonds is 6. The van der Waals surface area contributed by atoms with Crippen molar-refractivity contribution in [2.24, 2.45) is 5.92 Å². The van der Waals surface area contributed by atoms with Crippen LogP contribution in [0.4, 0.5) is 11.4 Å². The predicted molar refractivity (Wildman–Crippen MR) is 124 cm³/mol. The smallest absolute Gasteiger partial charge is 0.225 e. The Morgan fingerprint density at radius 1 is 1.13 bits per heavy atom.